The predicted octanol–water partition coefficient (Wildman–Crippen LogP) is 7.91. The summed E-state index contributed by atoms with van der Waals surface area (Å²) >= 11 is 0. The highest BCUT2D eigenvalue weighted by Crippen LogP contribution is 2.42. The minimum absolute atomic E-state index is 0.257. The summed E-state index contributed by atoms with van der Waals surface area (Å²) < 4.78 is 8.98. The van der Waals surface area contributed by atoms with Crippen molar-refractivity contribution in [2.24, 2.45) is 5.92 Å². The first-order valence-electron chi connectivity index (χ1n) is 15.9. The van der Waals surface area contributed by atoms with Crippen molar-refractivity contribution in [2.75, 3.05) is 38.7 Å². The van der Waals surface area contributed by atoms with Gasteiger partial charge in [0.05, 0.1) is 6.07 Å². The SMILES string of the molecule is CN(c1ccccc1)c1ccc2c(-c3ccccc3CN3CCCC(CO)C3)c3ccc(=[N+](C)c4ccccc4)cc-3oc2c1. The number of para-hydroxylation sites is 2. The highest BCUT2D eigenvalue weighted by molar-refractivity contribution is 6.03. The Balaban J connectivity index is 1.42. The number of aliphatic hydroxyl groups excluding tert-OH is 1. The summed E-state index contributed by atoms with van der Waals surface area (Å²) in [6.45, 7) is 3.10. The lowest BCUT2D eigenvalue weighted by atomic mass is 9.90. The van der Waals surface area contributed by atoms with Gasteiger partial charge in [-0.3, -0.25) is 4.90 Å². The molecule has 1 atom stereocenters. The van der Waals surface area contributed by atoms with E-state index >= 15 is 0 Å². The summed E-state index contributed by atoms with van der Waals surface area (Å²) in [5.74, 6) is 1.20. The van der Waals surface area contributed by atoms with Gasteiger partial charge < -0.3 is 14.4 Å². The van der Waals surface area contributed by atoms with E-state index in [2.05, 4.69) is 138 Å². The van der Waals surface area contributed by atoms with Crippen molar-refractivity contribution in [1.29, 1.82) is 0 Å². The van der Waals surface area contributed by atoms with Crippen LogP contribution in [-0.2, 0) is 6.54 Å². The largest absolute Gasteiger partial charge is 0.456 e. The number of aliphatic hydroxyl groups is 1. The van der Waals surface area contributed by atoms with E-state index in [1.54, 1.807) is 0 Å². The number of benzene rings is 5. The first kappa shape index (κ1) is 29.0. The summed E-state index contributed by atoms with van der Waals surface area (Å²) in [4.78, 5) is 4.70. The standard InChI is InChI=1S/C40H40N3O2/c1-41(31-14-5-3-6-15-31)33-19-21-36-38(24-33)45-39-25-34(42(2)32-16-7-4-8-17-32)20-22-37(39)40(36)35-18-10-9-13-30(35)27-43-23-11-12-29(26-43)28-44/h3-10,13-22,24-25,29,44H,11-12,23,26-28H2,1-2H3/q+1. The molecule has 1 N–H and O–H groups in total. The van der Waals surface area contributed by atoms with Crippen molar-refractivity contribution in [3.63, 3.8) is 0 Å². The molecule has 4 aromatic rings. The molecule has 2 aliphatic heterocycles. The molecule has 5 nitrogen and oxygen atoms in total. The van der Waals surface area contributed by atoms with E-state index < -0.39 is 0 Å². The minimum atomic E-state index is 0.257. The second-order valence-electron chi connectivity index (χ2n) is 12.2. The Morgan fingerprint density at radius 1 is 0.822 bits per heavy atom. The topological polar surface area (TPSA) is 42.9 Å². The van der Waals surface area contributed by atoms with Gasteiger partial charge >= 0.3 is 0 Å². The van der Waals surface area contributed by atoms with Gasteiger partial charge in [0.1, 0.15) is 18.4 Å². The summed E-state index contributed by atoms with van der Waals surface area (Å²) in [7, 11) is 4.19. The summed E-state index contributed by atoms with van der Waals surface area (Å²) in [5.41, 5.74) is 8.97. The number of hydrogen-bond acceptors (Lipinski definition) is 4. The van der Waals surface area contributed by atoms with Gasteiger partial charge in [-0.25, -0.2) is 0 Å². The van der Waals surface area contributed by atoms with Crippen LogP contribution in [0.4, 0.5) is 17.1 Å². The average Bonchev–Trinajstić information content (AvgIpc) is 3.10. The van der Waals surface area contributed by atoms with Gasteiger partial charge in [0.15, 0.2) is 0 Å². The summed E-state index contributed by atoms with van der Waals surface area (Å²) in [5, 5.41) is 12.0. The third kappa shape index (κ3) is 5.89. The van der Waals surface area contributed by atoms with Crippen molar-refractivity contribution in [1.82, 2.24) is 9.48 Å². The summed E-state index contributed by atoms with van der Waals surface area (Å²) in [6.07, 6.45) is 2.22. The molecule has 0 aromatic heterocycles. The Kier molecular flexibility index (Phi) is 8.21. The highest BCUT2D eigenvalue weighted by Gasteiger charge is 2.24. The molecule has 1 unspecified atom stereocenters. The van der Waals surface area contributed by atoms with Crippen molar-refractivity contribution in [3.8, 4) is 22.5 Å². The van der Waals surface area contributed by atoms with E-state index in [9.17, 15) is 5.11 Å². The number of anilines is 2. The monoisotopic (exact) mass is 594 g/mol. The molecule has 7 rings (SSSR count). The number of rotatable bonds is 7. The number of nitrogens with zero attached hydrogens (tertiary/aromatic N) is 3. The zero-order valence-corrected chi connectivity index (χ0v) is 26.1. The molecule has 45 heavy (non-hydrogen) atoms. The fourth-order valence-corrected chi connectivity index (χ4v) is 6.76. The van der Waals surface area contributed by atoms with Crippen LogP contribution in [0.15, 0.2) is 126 Å². The van der Waals surface area contributed by atoms with Crippen LogP contribution in [0.3, 0.4) is 0 Å². The zero-order chi connectivity index (χ0) is 30.8. The van der Waals surface area contributed by atoms with E-state index in [0.29, 0.717) is 5.92 Å². The Morgan fingerprint density at radius 2 is 1.58 bits per heavy atom. The molecule has 0 spiro atoms. The zero-order valence-electron chi connectivity index (χ0n) is 26.1. The van der Waals surface area contributed by atoms with Crippen molar-refractivity contribution < 1.29 is 9.52 Å². The van der Waals surface area contributed by atoms with Crippen LogP contribution in [0.25, 0.3) is 33.4 Å². The minimum Gasteiger partial charge on any atom is -0.456 e. The first-order chi connectivity index (χ1) is 22.1. The first-order valence-corrected chi connectivity index (χ1v) is 15.9. The quantitative estimate of drug-likeness (QED) is 0.151. The molecule has 226 valence electrons. The molecule has 0 saturated carbocycles. The second-order valence-corrected chi connectivity index (χ2v) is 12.2. The number of hydrogen-bond donors (Lipinski definition) is 1. The molecule has 1 saturated heterocycles. The van der Waals surface area contributed by atoms with E-state index in [-0.39, 0.29) is 6.61 Å². The van der Waals surface area contributed by atoms with E-state index in [0.717, 1.165) is 77.2 Å². The Labute approximate surface area is 265 Å². The third-order valence-electron chi connectivity index (χ3n) is 9.29. The van der Waals surface area contributed by atoms with Gasteiger partial charge in [-0.2, -0.15) is 4.58 Å². The van der Waals surface area contributed by atoms with Gasteiger partial charge in [-0.05, 0) is 66.8 Å². The lowest BCUT2D eigenvalue weighted by molar-refractivity contribution is 0.116. The molecule has 0 radical (unpaired) electrons. The molecular weight excluding hydrogens is 554 g/mol. The van der Waals surface area contributed by atoms with Crippen LogP contribution in [0.2, 0.25) is 0 Å². The van der Waals surface area contributed by atoms with E-state index in [1.165, 1.54) is 16.7 Å². The van der Waals surface area contributed by atoms with Gasteiger partial charge in [-0.15, -0.1) is 0 Å². The van der Waals surface area contributed by atoms with Gasteiger partial charge in [-0.1, -0.05) is 60.7 Å². The predicted molar refractivity (Wildman–Crippen MR) is 185 cm³/mol. The smallest absolute Gasteiger partial charge is 0.209 e. The van der Waals surface area contributed by atoms with Crippen LogP contribution in [0.5, 0.6) is 0 Å². The van der Waals surface area contributed by atoms with Crippen molar-refractivity contribution >= 4 is 28.0 Å². The van der Waals surface area contributed by atoms with Crippen LogP contribution in [-0.4, -0.2) is 43.8 Å². The lowest BCUT2D eigenvalue weighted by Gasteiger charge is -2.32. The number of likely N-dealkylation sites (tertiary alicyclic amines) is 1. The fraction of sp³-hybridized carbons (Fsp3) is 0.225. The second kappa shape index (κ2) is 12.7. The van der Waals surface area contributed by atoms with Gasteiger partial charge in [0.2, 0.25) is 11.0 Å². The van der Waals surface area contributed by atoms with Crippen molar-refractivity contribution in [3.05, 3.63) is 132 Å². The molecule has 1 aliphatic carbocycles. The average molecular weight is 595 g/mol. The third-order valence-corrected chi connectivity index (χ3v) is 9.29. The maximum Gasteiger partial charge on any atom is 0.209 e. The molecule has 4 aromatic carbocycles. The van der Waals surface area contributed by atoms with Gasteiger partial charge in [0, 0.05) is 78.9 Å². The van der Waals surface area contributed by atoms with Crippen molar-refractivity contribution in [2.45, 2.75) is 19.4 Å². The summed E-state index contributed by atoms with van der Waals surface area (Å²) in [6, 6.07) is 42.8. The molecule has 1 fully saturated rings. The van der Waals surface area contributed by atoms with E-state index in [4.69, 9.17) is 4.42 Å². The highest BCUT2D eigenvalue weighted by atomic mass is 16.3. The molecule has 0 amide bonds. The van der Waals surface area contributed by atoms with E-state index in [1.807, 2.05) is 12.1 Å². The van der Waals surface area contributed by atoms with Crippen LogP contribution >= 0.6 is 0 Å². The Bertz CT molecular complexity index is 1970. The fourth-order valence-electron chi connectivity index (χ4n) is 6.76. The molecule has 5 heteroatoms. The van der Waals surface area contributed by atoms with Crippen LogP contribution < -0.4 is 14.8 Å². The van der Waals surface area contributed by atoms with Crippen LogP contribution in [0.1, 0.15) is 18.4 Å². The molecule has 2 heterocycles. The lowest BCUT2D eigenvalue weighted by Crippen LogP contribution is -2.36. The maximum atomic E-state index is 9.87. The Morgan fingerprint density at radius 3 is 2.38 bits per heavy atom. The van der Waals surface area contributed by atoms with Gasteiger partial charge in [0.25, 0.3) is 0 Å². The molecule has 0 bridgehead atoms. The number of fused-ring (bicyclic) bond motifs is 2. The normalized spacial score (nSPS) is 16.2. The Hall–Kier alpha value is -4.71. The molecular formula is C40H40N3O2+. The maximum absolute atomic E-state index is 9.87. The van der Waals surface area contributed by atoms with Crippen LogP contribution in [0, 0.1) is 5.92 Å². The number of piperidine rings is 1. The molecule has 3 aliphatic rings.